The van der Waals surface area contributed by atoms with Crippen LogP contribution in [0.1, 0.15) is 17.2 Å². The maximum absolute atomic E-state index is 6.09. The molecule has 2 atom stereocenters. The van der Waals surface area contributed by atoms with Gasteiger partial charge in [-0.25, -0.2) is 0 Å². The smallest absolute Gasteiger partial charge is 0.266 e. The molecule has 2 aliphatic rings. The number of hydrogen-bond acceptors (Lipinski definition) is 6. The minimum atomic E-state index is -1.25. The van der Waals surface area contributed by atoms with E-state index in [1.54, 1.807) is 35.5 Å². The largest absolute Gasteiger partial charge is 0.360 e. The van der Waals surface area contributed by atoms with Crippen molar-refractivity contribution in [2.45, 2.75) is 30.3 Å². The highest BCUT2D eigenvalue weighted by atomic mass is 16.8. The Balaban J connectivity index is 1.78. The van der Waals surface area contributed by atoms with E-state index in [2.05, 4.69) is 53.4 Å². The molecule has 2 unspecified atom stereocenters. The third-order valence-electron chi connectivity index (χ3n) is 7.23. The first kappa shape index (κ1) is 20.8. The van der Waals surface area contributed by atoms with Gasteiger partial charge in [-0.3, -0.25) is 4.90 Å². The molecule has 164 valence electrons. The Morgan fingerprint density at radius 2 is 1.42 bits per heavy atom. The van der Waals surface area contributed by atoms with Crippen molar-refractivity contribution in [1.82, 2.24) is 4.90 Å². The van der Waals surface area contributed by atoms with Gasteiger partial charge in [0.15, 0.2) is 6.23 Å². The Morgan fingerprint density at radius 1 is 0.742 bits per heavy atom. The van der Waals surface area contributed by atoms with Crippen molar-refractivity contribution in [3.05, 3.63) is 59.7 Å². The van der Waals surface area contributed by atoms with E-state index < -0.39 is 17.8 Å². The summed E-state index contributed by atoms with van der Waals surface area (Å²) in [7, 11) is 8.14. The molecular weight excluding hydrogens is 394 g/mol. The summed E-state index contributed by atoms with van der Waals surface area (Å²) < 4.78 is 30.0. The van der Waals surface area contributed by atoms with E-state index in [9.17, 15) is 0 Å². The minimum absolute atomic E-state index is 0.257. The van der Waals surface area contributed by atoms with Crippen LogP contribution in [-0.4, -0.2) is 64.8 Å². The molecule has 0 saturated carbocycles. The third-order valence-corrected chi connectivity index (χ3v) is 7.23. The Bertz CT molecular complexity index is 1120. The Hall–Kier alpha value is -2.06. The van der Waals surface area contributed by atoms with E-state index in [4.69, 9.17) is 23.7 Å². The molecule has 3 aromatic rings. The van der Waals surface area contributed by atoms with Gasteiger partial charge < -0.3 is 23.7 Å². The standard InChI is InChI=1S/C25H29NO5/c1-27-23-25(30-4,31-5)24(28-2,29-3)22-21-13-12-18-17-9-7-6-8-16(17)10-11-19(18)20(21)14-15-26(22)23/h6-13,22-23H,14-15H2,1-5H3. The molecule has 1 fully saturated rings. The summed E-state index contributed by atoms with van der Waals surface area (Å²) >= 11 is 0. The summed E-state index contributed by atoms with van der Waals surface area (Å²) in [5.74, 6) is -2.47. The number of fused-ring (bicyclic) bond motifs is 7. The van der Waals surface area contributed by atoms with Crippen LogP contribution in [0.25, 0.3) is 21.5 Å². The number of rotatable bonds is 5. The van der Waals surface area contributed by atoms with Crippen LogP contribution in [0.5, 0.6) is 0 Å². The number of benzene rings is 3. The minimum Gasteiger partial charge on any atom is -0.360 e. The molecule has 0 radical (unpaired) electrons. The van der Waals surface area contributed by atoms with E-state index in [0.717, 1.165) is 18.5 Å². The molecular formula is C25H29NO5. The zero-order chi connectivity index (χ0) is 21.8. The summed E-state index contributed by atoms with van der Waals surface area (Å²) in [5.41, 5.74) is 2.46. The maximum Gasteiger partial charge on any atom is 0.266 e. The normalized spacial score (nSPS) is 24.4. The fourth-order valence-corrected chi connectivity index (χ4v) is 5.96. The second-order valence-corrected chi connectivity index (χ2v) is 8.15. The zero-order valence-corrected chi connectivity index (χ0v) is 18.7. The first-order valence-electron chi connectivity index (χ1n) is 10.5. The van der Waals surface area contributed by atoms with Crippen molar-refractivity contribution < 1.29 is 23.7 Å². The molecule has 3 aromatic carbocycles. The quantitative estimate of drug-likeness (QED) is 0.459. The zero-order valence-electron chi connectivity index (χ0n) is 18.7. The van der Waals surface area contributed by atoms with E-state index >= 15 is 0 Å². The molecule has 6 nitrogen and oxygen atoms in total. The third kappa shape index (κ3) is 2.49. The summed E-state index contributed by atoms with van der Waals surface area (Å²) in [6.45, 7) is 0.769. The molecule has 31 heavy (non-hydrogen) atoms. The average molecular weight is 424 g/mol. The molecule has 0 N–H and O–H groups in total. The van der Waals surface area contributed by atoms with E-state index in [1.807, 2.05) is 0 Å². The van der Waals surface area contributed by atoms with Gasteiger partial charge in [-0.05, 0) is 39.1 Å². The topological polar surface area (TPSA) is 49.4 Å². The van der Waals surface area contributed by atoms with Crippen LogP contribution in [0, 0.1) is 0 Å². The molecule has 2 heterocycles. The fraction of sp³-hybridized carbons (Fsp3) is 0.440. The van der Waals surface area contributed by atoms with E-state index in [1.165, 1.54) is 27.1 Å². The lowest BCUT2D eigenvalue weighted by Crippen LogP contribution is -2.62. The van der Waals surface area contributed by atoms with E-state index in [0.29, 0.717) is 0 Å². The van der Waals surface area contributed by atoms with Crippen molar-refractivity contribution in [2.24, 2.45) is 0 Å². The molecule has 6 heteroatoms. The first-order valence-corrected chi connectivity index (χ1v) is 10.5. The van der Waals surface area contributed by atoms with E-state index in [-0.39, 0.29) is 6.04 Å². The summed E-state index contributed by atoms with van der Waals surface area (Å²) in [5, 5.41) is 5.03. The lowest BCUT2D eigenvalue weighted by atomic mass is 9.84. The molecule has 0 aromatic heterocycles. The summed E-state index contributed by atoms with van der Waals surface area (Å²) in [6.07, 6.45) is 0.391. The Labute approximate surface area is 182 Å². The SMILES string of the molecule is COC1N2CCc3c(ccc4c3ccc3ccccc34)C2C(OC)(OC)C1(OC)OC. The van der Waals surface area contributed by atoms with Gasteiger partial charge in [-0.1, -0.05) is 48.5 Å². The lowest BCUT2D eigenvalue weighted by molar-refractivity contribution is -0.396. The number of ether oxygens (including phenoxy) is 5. The van der Waals surface area contributed by atoms with Gasteiger partial charge in [0.05, 0.1) is 6.04 Å². The molecule has 0 spiro atoms. The highest BCUT2D eigenvalue weighted by molar-refractivity contribution is 6.08. The van der Waals surface area contributed by atoms with Crippen LogP contribution >= 0.6 is 0 Å². The van der Waals surface area contributed by atoms with Gasteiger partial charge in [0.25, 0.3) is 5.79 Å². The van der Waals surface area contributed by atoms with Gasteiger partial charge in [0.2, 0.25) is 5.79 Å². The summed E-state index contributed by atoms with van der Waals surface area (Å²) in [4.78, 5) is 2.23. The predicted molar refractivity (Wildman–Crippen MR) is 119 cm³/mol. The lowest BCUT2D eigenvalue weighted by Gasteiger charge is -2.44. The van der Waals surface area contributed by atoms with Crippen LogP contribution < -0.4 is 0 Å². The second-order valence-electron chi connectivity index (χ2n) is 8.15. The van der Waals surface area contributed by atoms with Crippen LogP contribution in [-0.2, 0) is 30.1 Å². The molecule has 1 saturated heterocycles. The maximum atomic E-state index is 6.09. The van der Waals surface area contributed by atoms with Crippen LogP contribution in [0.15, 0.2) is 48.5 Å². The first-order chi connectivity index (χ1) is 15.1. The van der Waals surface area contributed by atoms with Gasteiger partial charge in [0, 0.05) is 42.1 Å². The Kier molecular flexibility index (Phi) is 5.05. The van der Waals surface area contributed by atoms with Gasteiger partial charge in [-0.2, -0.15) is 0 Å². The molecule has 2 aliphatic heterocycles. The van der Waals surface area contributed by atoms with Crippen molar-refractivity contribution in [3.8, 4) is 0 Å². The molecule has 0 aliphatic carbocycles. The highest BCUT2D eigenvalue weighted by Gasteiger charge is 2.74. The van der Waals surface area contributed by atoms with Gasteiger partial charge in [-0.15, -0.1) is 0 Å². The Morgan fingerprint density at radius 3 is 2.10 bits per heavy atom. The molecule has 5 rings (SSSR count). The van der Waals surface area contributed by atoms with Crippen molar-refractivity contribution in [1.29, 1.82) is 0 Å². The fourth-order valence-electron chi connectivity index (χ4n) is 5.96. The monoisotopic (exact) mass is 423 g/mol. The number of hydrogen-bond donors (Lipinski definition) is 0. The molecule has 0 amide bonds. The van der Waals surface area contributed by atoms with Crippen LogP contribution in [0.2, 0.25) is 0 Å². The van der Waals surface area contributed by atoms with Gasteiger partial charge >= 0.3 is 0 Å². The van der Waals surface area contributed by atoms with Crippen molar-refractivity contribution in [2.75, 3.05) is 42.1 Å². The summed E-state index contributed by atoms with van der Waals surface area (Å²) in [6, 6.07) is 17.1. The second kappa shape index (κ2) is 7.52. The van der Waals surface area contributed by atoms with Gasteiger partial charge in [0.1, 0.15) is 0 Å². The van der Waals surface area contributed by atoms with Crippen molar-refractivity contribution >= 4 is 21.5 Å². The van der Waals surface area contributed by atoms with Crippen molar-refractivity contribution in [3.63, 3.8) is 0 Å². The van der Waals surface area contributed by atoms with Crippen LogP contribution in [0.3, 0.4) is 0 Å². The highest BCUT2D eigenvalue weighted by Crippen LogP contribution is 2.57. The average Bonchev–Trinajstić information content (AvgIpc) is 3.09. The van der Waals surface area contributed by atoms with Crippen LogP contribution in [0.4, 0.5) is 0 Å². The number of methoxy groups -OCH3 is 5. The molecule has 0 bridgehead atoms. The number of nitrogens with zero attached hydrogens (tertiary/aromatic N) is 1. The predicted octanol–water partition coefficient (Wildman–Crippen LogP) is 3.86.